The number of fused-ring (bicyclic) bond motifs is 1. The Bertz CT molecular complexity index is 1100. The van der Waals surface area contributed by atoms with E-state index in [0.29, 0.717) is 21.3 Å². The summed E-state index contributed by atoms with van der Waals surface area (Å²) in [5.74, 6) is -2.50. The van der Waals surface area contributed by atoms with Crippen LogP contribution in [0.3, 0.4) is 0 Å². The van der Waals surface area contributed by atoms with Crippen molar-refractivity contribution in [3.8, 4) is 0 Å². The monoisotopic (exact) mass is 434 g/mol. The van der Waals surface area contributed by atoms with Gasteiger partial charge in [0, 0.05) is 17.3 Å². The Kier molecular flexibility index (Phi) is 5.71. The predicted molar refractivity (Wildman–Crippen MR) is 105 cm³/mol. The number of nitrogens with zero attached hydrogens (tertiary/aromatic N) is 1. The molecule has 10 heteroatoms. The van der Waals surface area contributed by atoms with Crippen LogP contribution in [0.25, 0.3) is 0 Å². The molecule has 1 aromatic rings. The lowest BCUT2D eigenvalue weighted by molar-refractivity contribution is -0.140. The van der Waals surface area contributed by atoms with E-state index in [9.17, 15) is 22.8 Å². The van der Waals surface area contributed by atoms with Crippen LogP contribution in [-0.4, -0.2) is 50.8 Å². The summed E-state index contributed by atoms with van der Waals surface area (Å²) >= 11 is 0. The highest BCUT2D eigenvalue weighted by atomic mass is 32.2. The van der Waals surface area contributed by atoms with Crippen LogP contribution in [-0.2, 0) is 29.1 Å². The molecule has 3 rings (SSSR count). The fourth-order valence-corrected chi connectivity index (χ4v) is 5.28. The van der Waals surface area contributed by atoms with Gasteiger partial charge in [-0.25, -0.2) is 22.3 Å². The number of methoxy groups -OCH3 is 1. The fraction of sp³-hybridized carbons (Fsp3) is 0.350. The number of sulfonamides is 1. The van der Waals surface area contributed by atoms with E-state index in [1.807, 2.05) is 0 Å². The van der Waals surface area contributed by atoms with Crippen molar-refractivity contribution in [1.29, 1.82) is 0 Å². The molecule has 2 aliphatic rings. The third-order valence-corrected chi connectivity index (χ3v) is 6.95. The SMILES string of the molecule is COC(=O)C1=C(C)NC(C)=C(C(=O)OCCN2C(=O)c3ccccc3S2(=O)=O)C1C. The molecule has 1 unspecified atom stereocenters. The highest BCUT2D eigenvalue weighted by Crippen LogP contribution is 2.31. The third kappa shape index (κ3) is 3.47. The van der Waals surface area contributed by atoms with Crippen LogP contribution in [0.4, 0.5) is 0 Å². The van der Waals surface area contributed by atoms with Crippen LogP contribution in [0.15, 0.2) is 51.7 Å². The maximum absolute atomic E-state index is 12.7. The van der Waals surface area contributed by atoms with Crippen molar-refractivity contribution >= 4 is 27.9 Å². The number of carbonyl (C=O) groups is 3. The van der Waals surface area contributed by atoms with Gasteiger partial charge in [-0.1, -0.05) is 19.1 Å². The second-order valence-electron chi connectivity index (χ2n) is 6.93. The first-order valence-corrected chi connectivity index (χ1v) is 10.6. The molecule has 0 radical (unpaired) electrons. The summed E-state index contributed by atoms with van der Waals surface area (Å²) in [5, 5.41) is 2.97. The molecule has 2 heterocycles. The van der Waals surface area contributed by atoms with Gasteiger partial charge in [0.15, 0.2) is 0 Å². The first-order valence-electron chi connectivity index (χ1n) is 9.21. The average Bonchev–Trinajstić information content (AvgIpc) is 2.88. The van der Waals surface area contributed by atoms with Gasteiger partial charge in [-0.15, -0.1) is 0 Å². The van der Waals surface area contributed by atoms with Gasteiger partial charge < -0.3 is 14.8 Å². The highest BCUT2D eigenvalue weighted by Gasteiger charge is 2.41. The third-order valence-electron chi connectivity index (χ3n) is 5.11. The van der Waals surface area contributed by atoms with Gasteiger partial charge in [0.2, 0.25) is 0 Å². The number of hydrogen-bond acceptors (Lipinski definition) is 8. The van der Waals surface area contributed by atoms with Crippen LogP contribution in [0.1, 0.15) is 31.1 Å². The molecule has 0 aliphatic carbocycles. The summed E-state index contributed by atoms with van der Waals surface area (Å²) in [7, 11) is -2.72. The number of ether oxygens (including phenoxy) is 2. The Balaban J connectivity index is 1.70. The van der Waals surface area contributed by atoms with Crippen LogP contribution < -0.4 is 5.32 Å². The highest BCUT2D eigenvalue weighted by molar-refractivity contribution is 7.90. The molecule has 0 fully saturated rings. The number of esters is 2. The topological polar surface area (TPSA) is 119 Å². The van der Waals surface area contributed by atoms with E-state index < -0.39 is 33.8 Å². The minimum absolute atomic E-state index is 0.0617. The summed E-state index contributed by atoms with van der Waals surface area (Å²) in [6.07, 6.45) is 0. The Morgan fingerprint density at radius 1 is 1.10 bits per heavy atom. The first-order chi connectivity index (χ1) is 14.1. The van der Waals surface area contributed by atoms with E-state index in [1.54, 1.807) is 26.8 Å². The van der Waals surface area contributed by atoms with Crippen molar-refractivity contribution in [3.63, 3.8) is 0 Å². The lowest BCUT2D eigenvalue weighted by atomic mass is 9.87. The number of hydrogen-bond donors (Lipinski definition) is 1. The van der Waals surface area contributed by atoms with Gasteiger partial charge in [-0.3, -0.25) is 4.79 Å². The number of amides is 1. The van der Waals surface area contributed by atoms with Crippen molar-refractivity contribution in [2.45, 2.75) is 25.7 Å². The zero-order valence-electron chi connectivity index (χ0n) is 17.0. The molecular weight excluding hydrogens is 412 g/mol. The van der Waals surface area contributed by atoms with Crippen molar-refractivity contribution in [1.82, 2.24) is 9.62 Å². The molecule has 160 valence electrons. The van der Waals surface area contributed by atoms with Crippen molar-refractivity contribution in [2.24, 2.45) is 5.92 Å². The maximum atomic E-state index is 12.7. The zero-order valence-corrected chi connectivity index (χ0v) is 17.8. The first kappa shape index (κ1) is 21.6. The molecular formula is C20H22N2O7S. The van der Waals surface area contributed by atoms with Gasteiger partial charge in [0.25, 0.3) is 15.9 Å². The molecule has 0 aromatic heterocycles. The fourth-order valence-electron chi connectivity index (χ4n) is 3.73. The number of rotatable bonds is 5. The molecule has 0 bridgehead atoms. The average molecular weight is 434 g/mol. The minimum atomic E-state index is -3.97. The molecule has 1 amide bonds. The van der Waals surface area contributed by atoms with E-state index in [4.69, 9.17) is 9.47 Å². The largest absolute Gasteiger partial charge is 0.466 e. The van der Waals surface area contributed by atoms with Gasteiger partial charge in [-0.05, 0) is 26.0 Å². The van der Waals surface area contributed by atoms with E-state index >= 15 is 0 Å². The smallest absolute Gasteiger partial charge is 0.336 e. The summed E-state index contributed by atoms with van der Waals surface area (Å²) in [4.78, 5) is 37.1. The quantitative estimate of drug-likeness (QED) is 0.690. The van der Waals surface area contributed by atoms with Crippen LogP contribution in [0.2, 0.25) is 0 Å². The number of carbonyl (C=O) groups excluding carboxylic acids is 3. The van der Waals surface area contributed by atoms with Gasteiger partial charge in [-0.2, -0.15) is 0 Å². The lowest BCUT2D eigenvalue weighted by Crippen LogP contribution is -2.35. The summed E-state index contributed by atoms with van der Waals surface area (Å²) < 4.78 is 35.8. The number of nitrogens with one attached hydrogen (secondary N) is 1. The second-order valence-corrected chi connectivity index (χ2v) is 8.76. The Morgan fingerprint density at radius 2 is 1.70 bits per heavy atom. The molecule has 1 atom stereocenters. The molecule has 1 N–H and O–H groups in total. The van der Waals surface area contributed by atoms with E-state index in [2.05, 4.69) is 5.32 Å². The Hall–Kier alpha value is -3.14. The minimum Gasteiger partial charge on any atom is -0.466 e. The van der Waals surface area contributed by atoms with E-state index in [0.717, 1.165) is 0 Å². The van der Waals surface area contributed by atoms with Gasteiger partial charge in [0.05, 0.1) is 30.4 Å². The Labute approximate surface area is 174 Å². The number of benzene rings is 1. The maximum Gasteiger partial charge on any atom is 0.336 e. The predicted octanol–water partition coefficient (Wildman–Crippen LogP) is 1.33. The summed E-state index contributed by atoms with van der Waals surface area (Å²) in [6, 6.07) is 5.92. The molecule has 30 heavy (non-hydrogen) atoms. The zero-order chi connectivity index (χ0) is 22.2. The van der Waals surface area contributed by atoms with E-state index in [1.165, 1.54) is 25.3 Å². The number of dihydropyridines is 1. The second kappa shape index (κ2) is 7.94. The molecule has 1 aromatic carbocycles. The molecule has 0 saturated carbocycles. The molecule has 0 spiro atoms. The van der Waals surface area contributed by atoms with Crippen LogP contribution in [0.5, 0.6) is 0 Å². The number of allylic oxidation sites excluding steroid dienone is 2. The van der Waals surface area contributed by atoms with Crippen LogP contribution >= 0.6 is 0 Å². The van der Waals surface area contributed by atoms with Crippen LogP contribution in [0, 0.1) is 5.92 Å². The van der Waals surface area contributed by atoms with Crippen molar-refractivity contribution in [3.05, 3.63) is 52.4 Å². The van der Waals surface area contributed by atoms with Crippen molar-refractivity contribution in [2.75, 3.05) is 20.3 Å². The normalized spacial score (nSPS) is 20.1. The molecule has 0 saturated heterocycles. The van der Waals surface area contributed by atoms with Gasteiger partial charge in [0.1, 0.15) is 11.5 Å². The van der Waals surface area contributed by atoms with E-state index in [-0.39, 0.29) is 29.2 Å². The summed E-state index contributed by atoms with van der Waals surface area (Å²) in [6.45, 7) is 4.43. The van der Waals surface area contributed by atoms with Gasteiger partial charge >= 0.3 is 11.9 Å². The molecule has 9 nitrogen and oxygen atoms in total. The summed E-state index contributed by atoms with van der Waals surface area (Å²) in [5.41, 5.74) is 1.74. The lowest BCUT2D eigenvalue weighted by Gasteiger charge is -2.27. The Morgan fingerprint density at radius 3 is 2.30 bits per heavy atom. The standard InChI is InChI=1S/C20H22N2O7S/c1-11-16(19(24)28-4)12(2)21-13(3)17(11)20(25)29-10-9-22-18(23)14-7-5-6-8-15(14)30(22,26)27/h5-8,11,21H,9-10H2,1-4H3. The molecule has 2 aliphatic heterocycles. The van der Waals surface area contributed by atoms with Crippen molar-refractivity contribution < 1.29 is 32.3 Å².